The van der Waals surface area contributed by atoms with Gasteiger partial charge < -0.3 is 5.73 Å². The Labute approximate surface area is 132 Å². The van der Waals surface area contributed by atoms with Crippen molar-refractivity contribution >= 4 is 27.3 Å². The van der Waals surface area contributed by atoms with Crippen LogP contribution in [0.4, 0.5) is 5.69 Å². The summed E-state index contributed by atoms with van der Waals surface area (Å²) in [6, 6.07) is 2.99. The van der Waals surface area contributed by atoms with E-state index in [1.165, 1.54) is 6.07 Å². The van der Waals surface area contributed by atoms with E-state index in [0.717, 1.165) is 25.7 Å². The third-order valence-corrected chi connectivity index (χ3v) is 6.33. The molecule has 0 radical (unpaired) electrons. The second-order valence-corrected chi connectivity index (χ2v) is 8.64. The number of aryl methyl sites for hydroxylation is 1. The van der Waals surface area contributed by atoms with Gasteiger partial charge in [-0.25, -0.2) is 13.1 Å². The van der Waals surface area contributed by atoms with Gasteiger partial charge in [0.15, 0.2) is 0 Å². The van der Waals surface area contributed by atoms with Crippen LogP contribution in [0.25, 0.3) is 0 Å². The molecule has 1 aromatic carbocycles. The minimum atomic E-state index is -3.59. The maximum absolute atomic E-state index is 12.7. The number of sulfonamides is 1. The number of nitrogens with one attached hydrogen (secondary N) is 1. The first-order chi connectivity index (χ1) is 9.63. The summed E-state index contributed by atoms with van der Waals surface area (Å²) in [6.07, 6.45) is 4.10. The van der Waals surface area contributed by atoms with Crippen molar-refractivity contribution in [3.63, 3.8) is 0 Å². The summed E-state index contributed by atoms with van der Waals surface area (Å²) in [4.78, 5) is 0.214. The Balaban J connectivity index is 2.32. The van der Waals surface area contributed by atoms with Gasteiger partial charge in [0.25, 0.3) is 0 Å². The van der Waals surface area contributed by atoms with Gasteiger partial charge in [0, 0.05) is 6.04 Å². The highest BCUT2D eigenvalue weighted by molar-refractivity contribution is 7.89. The molecule has 6 heteroatoms. The Morgan fingerprint density at radius 1 is 1.33 bits per heavy atom. The second-order valence-electron chi connectivity index (χ2n) is 6.55. The van der Waals surface area contributed by atoms with Gasteiger partial charge >= 0.3 is 0 Å². The standard InChI is InChI=1S/C15H23ClN2O2S/c1-10-8-11(16)12(17)9-13(10)21(19,20)18-14-6-4-5-7-15(14,2)3/h8-9,14,18H,4-7,17H2,1-3H3. The molecule has 1 aliphatic carbocycles. The molecular weight excluding hydrogens is 308 g/mol. The molecule has 0 saturated heterocycles. The maximum Gasteiger partial charge on any atom is 0.241 e. The number of nitrogens with two attached hydrogens (primary N) is 1. The highest BCUT2D eigenvalue weighted by atomic mass is 35.5. The Hall–Kier alpha value is -0.780. The molecule has 0 amide bonds. The molecule has 2 rings (SSSR count). The Morgan fingerprint density at radius 2 is 2.00 bits per heavy atom. The summed E-state index contributed by atoms with van der Waals surface area (Å²) < 4.78 is 28.2. The van der Waals surface area contributed by atoms with Crippen molar-refractivity contribution in [2.24, 2.45) is 5.41 Å². The van der Waals surface area contributed by atoms with Crippen LogP contribution >= 0.6 is 11.6 Å². The molecule has 1 saturated carbocycles. The van der Waals surface area contributed by atoms with Crippen LogP contribution in [-0.4, -0.2) is 14.5 Å². The van der Waals surface area contributed by atoms with E-state index < -0.39 is 10.0 Å². The van der Waals surface area contributed by atoms with E-state index in [-0.39, 0.29) is 22.0 Å². The molecule has 1 aromatic rings. The van der Waals surface area contributed by atoms with Crippen molar-refractivity contribution in [3.05, 3.63) is 22.7 Å². The monoisotopic (exact) mass is 330 g/mol. The molecular formula is C15H23ClN2O2S. The molecule has 0 heterocycles. The van der Waals surface area contributed by atoms with Crippen molar-refractivity contribution < 1.29 is 8.42 Å². The van der Waals surface area contributed by atoms with Gasteiger partial charge in [-0.05, 0) is 42.9 Å². The van der Waals surface area contributed by atoms with Crippen molar-refractivity contribution in [1.29, 1.82) is 0 Å². The average molecular weight is 331 g/mol. The largest absolute Gasteiger partial charge is 0.397 e. The lowest BCUT2D eigenvalue weighted by Crippen LogP contribution is -2.46. The summed E-state index contributed by atoms with van der Waals surface area (Å²) >= 11 is 5.93. The van der Waals surface area contributed by atoms with Crippen LogP contribution < -0.4 is 10.5 Å². The fourth-order valence-electron chi connectivity index (χ4n) is 2.92. The van der Waals surface area contributed by atoms with Gasteiger partial charge in [0.2, 0.25) is 10.0 Å². The minimum absolute atomic E-state index is 0.0306. The van der Waals surface area contributed by atoms with Gasteiger partial charge in [-0.1, -0.05) is 38.3 Å². The van der Waals surface area contributed by atoms with Gasteiger partial charge in [-0.3, -0.25) is 0 Å². The number of hydrogen-bond donors (Lipinski definition) is 2. The molecule has 1 atom stereocenters. The van der Waals surface area contributed by atoms with Crippen LogP contribution in [0.5, 0.6) is 0 Å². The Bertz CT molecular complexity index is 641. The summed E-state index contributed by atoms with van der Waals surface area (Å²) in [5.74, 6) is 0. The summed E-state index contributed by atoms with van der Waals surface area (Å²) in [5, 5.41) is 0.379. The summed E-state index contributed by atoms with van der Waals surface area (Å²) in [5.41, 5.74) is 6.61. The molecule has 21 heavy (non-hydrogen) atoms. The molecule has 1 unspecified atom stereocenters. The van der Waals surface area contributed by atoms with Crippen molar-refractivity contribution in [1.82, 2.24) is 4.72 Å². The van der Waals surface area contributed by atoms with E-state index in [9.17, 15) is 8.42 Å². The lowest BCUT2D eigenvalue weighted by atomic mass is 9.74. The number of hydrogen-bond acceptors (Lipinski definition) is 3. The van der Waals surface area contributed by atoms with Crippen LogP contribution in [0.1, 0.15) is 45.1 Å². The maximum atomic E-state index is 12.7. The number of anilines is 1. The topological polar surface area (TPSA) is 72.2 Å². The third kappa shape index (κ3) is 3.52. The predicted molar refractivity (Wildman–Crippen MR) is 87.0 cm³/mol. The zero-order valence-electron chi connectivity index (χ0n) is 12.7. The first-order valence-corrected chi connectivity index (χ1v) is 9.07. The fourth-order valence-corrected chi connectivity index (χ4v) is 4.84. The van der Waals surface area contributed by atoms with E-state index in [2.05, 4.69) is 18.6 Å². The minimum Gasteiger partial charge on any atom is -0.397 e. The van der Waals surface area contributed by atoms with Crippen LogP contribution in [0, 0.1) is 12.3 Å². The number of rotatable bonds is 3. The van der Waals surface area contributed by atoms with Gasteiger partial charge in [-0.2, -0.15) is 0 Å². The van der Waals surface area contributed by atoms with Gasteiger partial charge in [0.1, 0.15) is 0 Å². The van der Waals surface area contributed by atoms with Gasteiger partial charge in [-0.15, -0.1) is 0 Å². The number of halogens is 1. The summed E-state index contributed by atoms with van der Waals surface area (Å²) in [7, 11) is -3.59. The highest BCUT2D eigenvalue weighted by Gasteiger charge is 2.35. The van der Waals surface area contributed by atoms with E-state index in [1.807, 2.05) is 0 Å². The molecule has 0 aliphatic heterocycles. The normalized spacial score (nSPS) is 22.2. The molecule has 1 fully saturated rings. The highest BCUT2D eigenvalue weighted by Crippen LogP contribution is 2.36. The summed E-state index contributed by atoms with van der Waals surface area (Å²) in [6.45, 7) is 5.96. The quantitative estimate of drug-likeness (QED) is 0.833. The lowest BCUT2D eigenvalue weighted by molar-refractivity contribution is 0.188. The lowest BCUT2D eigenvalue weighted by Gasteiger charge is -2.38. The first kappa shape index (κ1) is 16.6. The molecule has 4 nitrogen and oxygen atoms in total. The number of benzene rings is 1. The van der Waals surface area contributed by atoms with E-state index in [4.69, 9.17) is 17.3 Å². The molecule has 0 spiro atoms. The fraction of sp³-hybridized carbons (Fsp3) is 0.600. The Morgan fingerprint density at radius 3 is 2.62 bits per heavy atom. The molecule has 0 aromatic heterocycles. The van der Waals surface area contributed by atoms with Crippen molar-refractivity contribution in [2.45, 2.75) is 57.4 Å². The van der Waals surface area contributed by atoms with Crippen LogP contribution in [-0.2, 0) is 10.0 Å². The molecule has 118 valence electrons. The second kappa shape index (κ2) is 5.78. The third-order valence-electron chi connectivity index (χ3n) is 4.39. The van der Waals surface area contributed by atoms with Crippen LogP contribution in [0.2, 0.25) is 5.02 Å². The van der Waals surface area contributed by atoms with Crippen LogP contribution in [0.3, 0.4) is 0 Å². The first-order valence-electron chi connectivity index (χ1n) is 7.21. The van der Waals surface area contributed by atoms with Crippen molar-refractivity contribution in [3.8, 4) is 0 Å². The van der Waals surface area contributed by atoms with Crippen LogP contribution in [0.15, 0.2) is 17.0 Å². The van der Waals surface area contributed by atoms with Gasteiger partial charge in [0.05, 0.1) is 15.6 Å². The van der Waals surface area contributed by atoms with E-state index in [1.54, 1.807) is 13.0 Å². The zero-order valence-corrected chi connectivity index (χ0v) is 14.3. The molecule has 1 aliphatic rings. The zero-order chi connectivity index (χ0) is 15.8. The van der Waals surface area contributed by atoms with E-state index >= 15 is 0 Å². The van der Waals surface area contributed by atoms with Crippen molar-refractivity contribution in [2.75, 3.05) is 5.73 Å². The molecule has 3 N–H and O–H groups in total. The van der Waals surface area contributed by atoms with E-state index in [0.29, 0.717) is 10.6 Å². The molecule has 0 bridgehead atoms. The number of nitrogen functional groups attached to an aromatic ring is 1. The predicted octanol–water partition coefficient (Wildman–Crippen LogP) is 3.48. The average Bonchev–Trinajstić information content (AvgIpc) is 2.36. The smallest absolute Gasteiger partial charge is 0.241 e. The SMILES string of the molecule is Cc1cc(Cl)c(N)cc1S(=O)(=O)NC1CCCCC1(C)C. The Kier molecular flexibility index (Phi) is 4.57.